The van der Waals surface area contributed by atoms with E-state index in [1.165, 1.54) is 16.5 Å². The second kappa shape index (κ2) is 6.83. The molecule has 0 amide bonds. The summed E-state index contributed by atoms with van der Waals surface area (Å²) in [6, 6.07) is 10.6. The number of benzene rings is 1. The summed E-state index contributed by atoms with van der Waals surface area (Å²) in [6.07, 6.45) is 7.55. The first-order valence-corrected chi connectivity index (χ1v) is 9.11. The lowest BCUT2D eigenvalue weighted by Crippen LogP contribution is -2.04. The van der Waals surface area contributed by atoms with Gasteiger partial charge in [0.25, 0.3) is 0 Å². The Morgan fingerprint density at radius 1 is 0.885 bits per heavy atom. The van der Waals surface area contributed by atoms with Crippen molar-refractivity contribution in [3.05, 3.63) is 60.4 Å². The van der Waals surface area contributed by atoms with Crippen molar-refractivity contribution < 1.29 is 0 Å². The van der Waals surface area contributed by atoms with Crippen LogP contribution >= 0.6 is 0 Å². The maximum absolute atomic E-state index is 4.67. The molecule has 2 atom stereocenters. The van der Waals surface area contributed by atoms with E-state index in [0.29, 0.717) is 11.8 Å². The Hall–Kier alpha value is -2.82. The Morgan fingerprint density at radius 3 is 2.42 bits per heavy atom. The van der Waals surface area contributed by atoms with E-state index in [1.54, 1.807) is 11.0 Å². The summed E-state index contributed by atoms with van der Waals surface area (Å²) in [4.78, 5) is 13.6. The smallest absolute Gasteiger partial charge is 0.161 e. The minimum atomic E-state index is 0.349. The highest BCUT2D eigenvalue weighted by Gasteiger charge is 2.17. The molecule has 0 aliphatic rings. The van der Waals surface area contributed by atoms with Gasteiger partial charge in [-0.1, -0.05) is 38.1 Å². The summed E-state index contributed by atoms with van der Waals surface area (Å²) in [6.45, 7) is 4.50. The van der Waals surface area contributed by atoms with Gasteiger partial charge in [0.2, 0.25) is 0 Å². The average Bonchev–Trinajstić information content (AvgIpc) is 3.06. The summed E-state index contributed by atoms with van der Waals surface area (Å²) in [5.74, 6) is 0.747. The van der Waals surface area contributed by atoms with Crippen LogP contribution in [0.25, 0.3) is 21.8 Å². The lowest BCUT2D eigenvalue weighted by atomic mass is 9.91. The molecule has 3 heterocycles. The van der Waals surface area contributed by atoms with Gasteiger partial charge in [-0.3, -0.25) is 9.67 Å². The first-order valence-electron chi connectivity index (χ1n) is 9.11. The molecule has 0 aliphatic heterocycles. The Kier molecular flexibility index (Phi) is 4.37. The molecule has 0 radical (unpaired) electrons. The highest BCUT2D eigenvalue weighted by atomic mass is 15.3. The first kappa shape index (κ1) is 16.6. The van der Waals surface area contributed by atoms with Gasteiger partial charge in [-0.05, 0) is 36.1 Å². The van der Waals surface area contributed by atoms with Crippen LogP contribution in [0.15, 0.2) is 49.1 Å². The van der Waals surface area contributed by atoms with E-state index in [0.717, 1.165) is 29.6 Å². The fourth-order valence-electron chi connectivity index (χ4n) is 3.68. The predicted molar refractivity (Wildman–Crippen MR) is 104 cm³/mol. The van der Waals surface area contributed by atoms with Crippen molar-refractivity contribution in [3.63, 3.8) is 0 Å². The standard InChI is InChI=1S/C21H23N5/c1-14(19-17-7-5-4-6-16(17)10-11-22-19)8-9-15(2)20-18-12-25-26(3)21(18)24-13-23-20/h4-7,10-15H,8-9H2,1-3H3. The van der Waals surface area contributed by atoms with Crippen LogP contribution in [0.1, 0.15) is 49.9 Å². The average molecular weight is 345 g/mol. The molecule has 0 saturated carbocycles. The zero-order valence-electron chi connectivity index (χ0n) is 15.4. The van der Waals surface area contributed by atoms with E-state index in [4.69, 9.17) is 0 Å². The molecule has 0 fully saturated rings. The second-order valence-electron chi connectivity index (χ2n) is 7.06. The summed E-state index contributed by atoms with van der Waals surface area (Å²) in [5.41, 5.74) is 3.16. The SMILES string of the molecule is CC(CCC(C)c1ncnc2c1cnn2C)c1nccc2ccccc12. The molecule has 5 heteroatoms. The van der Waals surface area contributed by atoms with Crippen LogP contribution < -0.4 is 0 Å². The van der Waals surface area contributed by atoms with Gasteiger partial charge in [0.15, 0.2) is 5.65 Å². The number of rotatable bonds is 5. The monoisotopic (exact) mass is 345 g/mol. The van der Waals surface area contributed by atoms with Crippen LogP contribution in [-0.4, -0.2) is 24.7 Å². The van der Waals surface area contributed by atoms with Gasteiger partial charge in [0.05, 0.1) is 23.0 Å². The van der Waals surface area contributed by atoms with Crippen molar-refractivity contribution in [2.75, 3.05) is 0 Å². The Bertz CT molecular complexity index is 1050. The molecule has 1 aromatic carbocycles. The topological polar surface area (TPSA) is 56.5 Å². The highest BCUT2D eigenvalue weighted by Crippen LogP contribution is 2.31. The summed E-state index contributed by atoms with van der Waals surface area (Å²) < 4.78 is 1.80. The second-order valence-corrected chi connectivity index (χ2v) is 7.06. The van der Waals surface area contributed by atoms with E-state index in [1.807, 2.05) is 19.4 Å². The number of hydrogen-bond acceptors (Lipinski definition) is 4. The fourth-order valence-corrected chi connectivity index (χ4v) is 3.68. The van der Waals surface area contributed by atoms with Crippen LogP contribution in [0, 0.1) is 0 Å². The van der Waals surface area contributed by atoms with Gasteiger partial charge in [-0.15, -0.1) is 0 Å². The van der Waals surface area contributed by atoms with Crippen LogP contribution in [0.5, 0.6) is 0 Å². The molecule has 0 saturated heterocycles. The van der Waals surface area contributed by atoms with Gasteiger partial charge >= 0.3 is 0 Å². The molecule has 3 aromatic heterocycles. The van der Waals surface area contributed by atoms with Gasteiger partial charge in [-0.25, -0.2) is 9.97 Å². The minimum absolute atomic E-state index is 0.349. The molecule has 2 unspecified atom stereocenters. The van der Waals surface area contributed by atoms with Crippen molar-refractivity contribution in [1.29, 1.82) is 0 Å². The van der Waals surface area contributed by atoms with Crippen LogP contribution in [0.3, 0.4) is 0 Å². The Balaban J connectivity index is 1.54. The van der Waals surface area contributed by atoms with Crippen LogP contribution in [0.2, 0.25) is 0 Å². The number of nitrogens with zero attached hydrogens (tertiary/aromatic N) is 5. The van der Waals surface area contributed by atoms with Gasteiger partial charge in [0, 0.05) is 18.6 Å². The number of hydrogen-bond donors (Lipinski definition) is 0. The van der Waals surface area contributed by atoms with Crippen molar-refractivity contribution in [2.45, 2.75) is 38.5 Å². The third kappa shape index (κ3) is 2.94. The molecule has 5 nitrogen and oxygen atoms in total. The van der Waals surface area contributed by atoms with E-state index in [-0.39, 0.29) is 0 Å². The third-order valence-corrected chi connectivity index (χ3v) is 5.23. The molecule has 26 heavy (non-hydrogen) atoms. The molecule has 0 spiro atoms. The van der Waals surface area contributed by atoms with E-state index in [2.05, 4.69) is 64.2 Å². The summed E-state index contributed by atoms with van der Waals surface area (Å²) in [5, 5.41) is 7.89. The summed E-state index contributed by atoms with van der Waals surface area (Å²) in [7, 11) is 1.91. The van der Waals surface area contributed by atoms with Gasteiger partial charge < -0.3 is 0 Å². The predicted octanol–water partition coefficient (Wildman–Crippen LogP) is 4.60. The van der Waals surface area contributed by atoms with Crippen molar-refractivity contribution in [2.24, 2.45) is 7.05 Å². The zero-order chi connectivity index (χ0) is 18.1. The molecular weight excluding hydrogens is 322 g/mol. The normalized spacial score (nSPS) is 14.0. The molecule has 132 valence electrons. The van der Waals surface area contributed by atoms with Gasteiger partial charge in [-0.2, -0.15) is 5.10 Å². The third-order valence-electron chi connectivity index (χ3n) is 5.23. The van der Waals surface area contributed by atoms with E-state index in [9.17, 15) is 0 Å². The van der Waals surface area contributed by atoms with Crippen molar-refractivity contribution >= 4 is 21.8 Å². The number of fused-ring (bicyclic) bond motifs is 2. The fraction of sp³-hybridized carbons (Fsp3) is 0.333. The molecular formula is C21H23N5. The van der Waals surface area contributed by atoms with Crippen LogP contribution in [0.4, 0.5) is 0 Å². The molecule has 4 rings (SSSR count). The lowest BCUT2D eigenvalue weighted by molar-refractivity contribution is 0.562. The van der Waals surface area contributed by atoms with Crippen LogP contribution in [-0.2, 0) is 7.05 Å². The molecule has 0 bridgehead atoms. The number of aryl methyl sites for hydroxylation is 1. The maximum Gasteiger partial charge on any atom is 0.161 e. The number of aromatic nitrogens is 5. The Labute approximate surface area is 153 Å². The van der Waals surface area contributed by atoms with E-state index < -0.39 is 0 Å². The molecule has 4 aromatic rings. The largest absolute Gasteiger partial charge is 0.260 e. The minimum Gasteiger partial charge on any atom is -0.260 e. The van der Waals surface area contributed by atoms with E-state index >= 15 is 0 Å². The zero-order valence-corrected chi connectivity index (χ0v) is 15.4. The maximum atomic E-state index is 4.67. The molecule has 0 N–H and O–H groups in total. The summed E-state index contributed by atoms with van der Waals surface area (Å²) >= 11 is 0. The van der Waals surface area contributed by atoms with Crippen molar-refractivity contribution in [3.8, 4) is 0 Å². The van der Waals surface area contributed by atoms with Crippen molar-refractivity contribution in [1.82, 2.24) is 24.7 Å². The highest BCUT2D eigenvalue weighted by molar-refractivity contribution is 5.84. The Morgan fingerprint density at radius 2 is 1.62 bits per heavy atom. The first-order chi connectivity index (χ1) is 12.6. The number of pyridine rings is 1. The molecule has 0 aliphatic carbocycles. The lowest BCUT2D eigenvalue weighted by Gasteiger charge is -2.17. The van der Waals surface area contributed by atoms with Gasteiger partial charge in [0.1, 0.15) is 6.33 Å². The quantitative estimate of drug-likeness (QED) is 0.530.